The molecular formula is C16H22N2O3. The summed E-state index contributed by atoms with van der Waals surface area (Å²) in [6.45, 7) is 8.91. The molecule has 0 atom stereocenters. The fourth-order valence-corrected chi connectivity index (χ4v) is 1.50. The summed E-state index contributed by atoms with van der Waals surface area (Å²) in [5.74, 6) is -0.937. The van der Waals surface area contributed by atoms with Crippen LogP contribution < -0.4 is 5.32 Å². The number of aromatic nitrogens is 1. The molecule has 1 aromatic rings. The van der Waals surface area contributed by atoms with E-state index in [0.29, 0.717) is 18.0 Å². The topological polar surface area (TPSA) is 79.3 Å². The summed E-state index contributed by atoms with van der Waals surface area (Å²) in [4.78, 5) is 26.8. The molecule has 1 aromatic heterocycles. The average molecular weight is 290 g/mol. The Morgan fingerprint density at radius 3 is 2.67 bits per heavy atom. The van der Waals surface area contributed by atoms with Gasteiger partial charge in [-0.25, -0.2) is 4.79 Å². The van der Waals surface area contributed by atoms with E-state index in [4.69, 9.17) is 5.11 Å². The summed E-state index contributed by atoms with van der Waals surface area (Å²) in [7, 11) is 0. The van der Waals surface area contributed by atoms with Crippen molar-refractivity contribution in [3.63, 3.8) is 0 Å². The number of hydrogen-bond acceptors (Lipinski definition) is 3. The lowest BCUT2D eigenvalue weighted by atomic mass is 9.81. The molecule has 0 saturated heterocycles. The van der Waals surface area contributed by atoms with Crippen molar-refractivity contribution in [2.24, 2.45) is 11.3 Å². The third-order valence-electron chi connectivity index (χ3n) is 3.73. The molecule has 2 N–H and O–H groups in total. The van der Waals surface area contributed by atoms with Gasteiger partial charge in [-0.1, -0.05) is 33.8 Å². The lowest BCUT2D eigenvalue weighted by molar-refractivity contribution is -0.131. The SMILES string of the molecule is CC(C)C(C)(C)CNC(=O)c1ncccc1/C=C/C(=O)O. The molecule has 5 heteroatoms. The number of hydrogen-bond donors (Lipinski definition) is 2. The van der Waals surface area contributed by atoms with Gasteiger partial charge in [0.2, 0.25) is 0 Å². The quantitative estimate of drug-likeness (QED) is 0.789. The molecule has 0 fully saturated rings. The summed E-state index contributed by atoms with van der Waals surface area (Å²) < 4.78 is 0. The molecule has 1 heterocycles. The molecule has 21 heavy (non-hydrogen) atoms. The van der Waals surface area contributed by atoms with Crippen LogP contribution in [0.2, 0.25) is 0 Å². The second-order valence-corrected chi connectivity index (χ2v) is 5.94. The fraction of sp³-hybridized carbons (Fsp3) is 0.438. The highest BCUT2D eigenvalue weighted by Crippen LogP contribution is 2.24. The highest BCUT2D eigenvalue weighted by Gasteiger charge is 2.23. The standard InChI is InChI=1S/C16H22N2O3/c1-11(2)16(3,4)10-18-15(21)14-12(6-5-9-17-14)7-8-13(19)20/h5-9,11H,10H2,1-4H3,(H,18,21)(H,19,20)/b8-7+. The normalized spacial score (nSPS) is 11.9. The Hall–Kier alpha value is -2.17. The molecule has 5 nitrogen and oxygen atoms in total. The molecule has 1 rings (SSSR count). The zero-order chi connectivity index (χ0) is 16.0. The van der Waals surface area contributed by atoms with Crippen molar-refractivity contribution >= 4 is 18.0 Å². The first-order valence-corrected chi connectivity index (χ1v) is 6.88. The maximum absolute atomic E-state index is 12.2. The monoisotopic (exact) mass is 290 g/mol. The van der Waals surface area contributed by atoms with E-state index >= 15 is 0 Å². The van der Waals surface area contributed by atoms with Crippen molar-refractivity contribution in [3.05, 3.63) is 35.7 Å². The van der Waals surface area contributed by atoms with Gasteiger partial charge in [0.1, 0.15) is 5.69 Å². The number of carbonyl (C=O) groups excluding carboxylic acids is 1. The molecule has 1 amide bonds. The fourth-order valence-electron chi connectivity index (χ4n) is 1.50. The van der Waals surface area contributed by atoms with E-state index in [1.165, 1.54) is 12.3 Å². The van der Waals surface area contributed by atoms with Gasteiger partial charge in [-0.05, 0) is 23.5 Å². The van der Waals surface area contributed by atoms with Crippen LogP contribution in [0.15, 0.2) is 24.4 Å². The predicted octanol–water partition coefficient (Wildman–Crippen LogP) is 2.59. The van der Waals surface area contributed by atoms with Crippen molar-refractivity contribution in [3.8, 4) is 0 Å². The first-order valence-electron chi connectivity index (χ1n) is 6.88. The Bertz CT molecular complexity index is 548. The molecule has 0 saturated carbocycles. The minimum atomic E-state index is -1.06. The van der Waals surface area contributed by atoms with Crippen LogP contribution in [0, 0.1) is 11.3 Å². The molecule has 0 bridgehead atoms. The average Bonchev–Trinajstić information content (AvgIpc) is 2.42. The minimum absolute atomic E-state index is 0.0263. The van der Waals surface area contributed by atoms with Crippen molar-refractivity contribution in [2.75, 3.05) is 6.54 Å². The van der Waals surface area contributed by atoms with Gasteiger partial charge >= 0.3 is 5.97 Å². The van der Waals surface area contributed by atoms with Gasteiger partial charge in [0, 0.05) is 24.4 Å². The van der Waals surface area contributed by atoms with E-state index in [2.05, 4.69) is 38.0 Å². The van der Waals surface area contributed by atoms with Crippen molar-refractivity contribution < 1.29 is 14.7 Å². The number of nitrogens with one attached hydrogen (secondary N) is 1. The van der Waals surface area contributed by atoms with E-state index in [-0.39, 0.29) is 17.0 Å². The molecular weight excluding hydrogens is 268 g/mol. The van der Waals surface area contributed by atoms with Crippen LogP contribution in [0.1, 0.15) is 43.7 Å². The number of carboxylic acids is 1. The zero-order valence-electron chi connectivity index (χ0n) is 12.9. The van der Waals surface area contributed by atoms with E-state index in [9.17, 15) is 9.59 Å². The third-order valence-corrected chi connectivity index (χ3v) is 3.73. The lowest BCUT2D eigenvalue weighted by Gasteiger charge is -2.29. The van der Waals surface area contributed by atoms with Crippen LogP contribution in [0.5, 0.6) is 0 Å². The minimum Gasteiger partial charge on any atom is -0.478 e. The number of aliphatic carboxylic acids is 1. The van der Waals surface area contributed by atoms with Crippen molar-refractivity contribution in [2.45, 2.75) is 27.7 Å². The summed E-state index contributed by atoms with van der Waals surface area (Å²) in [6, 6.07) is 3.32. The van der Waals surface area contributed by atoms with Gasteiger partial charge in [0.25, 0.3) is 5.91 Å². The summed E-state index contributed by atoms with van der Waals surface area (Å²) in [5, 5.41) is 11.5. The Morgan fingerprint density at radius 2 is 2.10 bits per heavy atom. The van der Waals surface area contributed by atoms with Gasteiger partial charge in [-0.2, -0.15) is 0 Å². The van der Waals surface area contributed by atoms with Crippen LogP contribution >= 0.6 is 0 Å². The van der Waals surface area contributed by atoms with Crippen LogP contribution in [0.25, 0.3) is 6.08 Å². The number of nitrogens with zero attached hydrogens (tertiary/aromatic N) is 1. The number of rotatable bonds is 6. The molecule has 0 radical (unpaired) electrons. The third kappa shape index (κ3) is 5.02. The molecule has 0 aliphatic heterocycles. The van der Waals surface area contributed by atoms with E-state index in [0.717, 1.165) is 6.08 Å². The first kappa shape index (κ1) is 16.9. The van der Waals surface area contributed by atoms with Crippen LogP contribution in [0.3, 0.4) is 0 Å². The largest absolute Gasteiger partial charge is 0.478 e. The molecule has 114 valence electrons. The van der Waals surface area contributed by atoms with Crippen LogP contribution in [0.4, 0.5) is 0 Å². The Kier molecular flexibility index (Phi) is 5.64. The number of carbonyl (C=O) groups is 2. The maximum atomic E-state index is 12.2. The zero-order valence-corrected chi connectivity index (χ0v) is 12.9. The van der Waals surface area contributed by atoms with Gasteiger partial charge in [-0.3, -0.25) is 9.78 Å². The molecule has 0 aromatic carbocycles. The predicted molar refractivity (Wildman–Crippen MR) is 81.9 cm³/mol. The van der Waals surface area contributed by atoms with Gasteiger partial charge < -0.3 is 10.4 Å². The van der Waals surface area contributed by atoms with Crippen LogP contribution in [-0.2, 0) is 4.79 Å². The van der Waals surface area contributed by atoms with Crippen LogP contribution in [-0.4, -0.2) is 28.5 Å². The molecule has 0 aliphatic rings. The van der Waals surface area contributed by atoms with Gasteiger partial charge in [0.15, 0.2) is 0 Å². The Morgan fingerprint density at radius 1 is 1.43 bits per heavy atom. The van der Waals surface area contributed by atoms with E-state index in [1.54, 1.807) is 12.1 Å². The highest BCUT2D eigenvalue weighted by atomic mass is 16.4. The molecule has 0 unspecified atom stereocenters. The highest BCUT2D eigenvalue weighted by molar-refractivity contribution is 5.97. The van der Waals surface area contributed by atoms with E-state index in [1.807, 2.05) is 0 Å². The summed E-state index contributed by atoms with van der Waals surface area (Å²) in [5.41, 5.74) is 0.691. The number of carboxylic acid groups (broad SMARTS) is 1. The van der Waals surface area contributed by atoms with Crippen molar-refractivity contribution in [1.29, 1.82) is 0 Å². The maximum Gasteiger partial charge on any atom is 0.328 e. The Balaban J connectivity index is 2.86. The smallest absolute Gasteiger partial charge is 0.328 e. The second kappa shape index (κ2) is 7.02. The van der Waals surface area contributed by atoms with Crippen molar-refractivity contribution in [1.82, 2.24) is 10.3 Å². The lowest BCUT2D eigenvalue weighted by Crippen LogP contribution is -2.37. The van der Waals surface area contributed by atoms with E-state index < -0.39 is 5.97 Å². The number of pyridine rings is 1. The summed E-state index contributed by atoms with van der Waals surface area (Å²) in [6.07, 6.45) is 3.88. The molecule has 0 aliphatic carbocycles. The van der Waals surface area contributed by atoms with Gasteiger partial charge in [0.05, 0.1) is 0 Å². The first-order chi connectivity index (χ1) is 9.74. The number of amides is 1. The van der Waals surface area contributed by atoms with Gasteiger partial charge in [-0.15, -0.1) is 0 Å². The summed E-state index contributed by atoms with van der Waals surface area (Å²) >= 11 is 0. The second-order valence-electron chi connectivity index (χ2n) is 5.94. The molecule has 0 spiro atoms. The Labute approximate surface area is 125 Å².